The Kier molecular flexibility index (Phi) is 8.07. The van der Waals surface area contributed by atoms with Crippen LogP contribution in [0.25, 0.3) is 11.1 Å². The molecule has 1 aliphatic heterocycles. The zero-order valence-corrected chi connectivity index (χ0v) is 21.6. The van der Waals surface area contributed by atoms with E-state index in [1.165, 1.54) is 11.1 Å². The molecule has 0 amide bonds. The van der Waals surface area contributed by atoms with Crippen LogP contribution in [0.2, 0.25) is 0 Å². The summed E-state index contributed by atoms with van der Waals surface area (Å²) in [5.74, 6) is 0.342. The van der Waals surface area contributed by atoms with Gasteiger partial charge in [-0.05, 0) is 69.3 Å². The number of benzene rings is 2. The molecule has 1 aliphatic rings. The molecular formula is C30H36N2O4. The van der Waals surface area contributed by atoms with E-state index in [0.29, 0.717) is 12.2 Å². The number of rotatable bonds is 10. The number of aromatic nitrogens is 1. The van der Waals surface area contributed by atoms with Gasteiger partial charge in [0.15, 0.2) is 5.54 Å². The number of esters is 1. The van der Waals surface area contributed by atoms with Gasteiger partial charge in [0.2, 0.25) is 0 Å². The van der Waals surface area contributed by atoms with Crippen LogP contribution < -0.4 is 10.1 Å². The number of carbonyl (C=O) groups is 1. The number of methoxy groups -OCH3 is 1. The first-order valence-electron chi connectivity index (χ1n) is 12.5. The second-order valence-corrected chi connectivity index (χ2v) is 10.4. The molecule has 0 aliphatic carbocycles. The third-order valence-electron chi connectivity index (χ3n) is 6.37. The van der Waals surface area contributed by atoms with E-state index < -0.39 is 11.1 Å². The lowest BCUT2D eigenvalue weighted by molar-refractivity contribution is -0.168. The Morgan fingerprint density at radius 2 is 1.72 bits per heavy atom. The van der Waals surface area contributed by atoms with Gasteiger partial charge in [0, 0.05) is 18.9 Å². The molecule has 2 atom stereocenters. The van der Waals surface area contributed by atoms with Crippen LogP contribution in [0.15, 0.2) is 73.1 Å². The molecule has 2 heterocycles. The fourth-order valence-electron chi connectivity index (χ4n) is 4.28. The molecule has 6 heteroatoms. The van der Waals surface area contributed by atoms with E-state index in [-0.39, 0.29) is 18.7 Å². The summed E-state index contributed by atoms with van der Waals surface area (Å²) < 4.78 is 17.4. The van der Waals surface area contributed by atoms with Crippen molar-refractivity contribution in [2.45, 2.75) is 57.3 Å². The molecule has 0 spiro atoms. The maximum absolute atomic E-state index is 12.7. The van der Waals surface area contributed by atoms with Crippen LogP contribution in [0.4, 0.5) is 0 Å². The Morgan fingerprint density at radius 3 is 2.39 bits per heavy atom. The average molecular weight is 489 g/mol. The minimum Gasteiger partial charge on any atom is -0.489 e. The zero-order valence-electron chi connectivity index (χ0n) is 21.6. The van der Waals surface area contributed by atoms with Crippen molar-refractivity contribution < 1.29 is 19.0 Å². The van der Waals surface area contributed by atoms with Crippen LogP contribution in [0.5, 0.6) is 5.75 Å². The SMILES string of the molecule is CO[C@@H](Cc1ccccc1)Cc1cccc(-c2cncc(OC[C@@]3(C(=O)OC(C)(C)C)CCN3)c2)c1. The van der Waals surface area contributed by atoms with Gasteiger partial charge in [0.1, 0.15) is 18.0 Å². The summed E-state index contributed by atoms with van der Waals surface area (Å²) >= 11 is 0. The van der Waals surface area contributed by atoms with Crippen molar-refractivity contribution in [3.63, 3.8) is 0 Å². The maximum atomic E-state index is 12.7. The normalized spacial score (nSPS) is 18.2. The van der Waals surface area contributed by atoms with Crippen LogP contribution in [0.3, 0.4) is 0 Å². The number of nitrogens with zero attached hydrogens (tertiary/aromatic N) is 1. The third kappa shape index (κ3) is 6.71. The van der Waals surface area contributed by atoms with Crippen molar-refractivity contribution in [2.24, 2.45) is 0 Å². The van der Waals surface area contributed by atoms with Crippen molar-refractivity contribution >= 4 is 5.97 Å². The molecule has 0 saturated carbocycles. The van der Waals surface area contributed by atoms with E-state index in [4.69, 9.17) is 14.2 Å². The minimum absolute atomic E-state index is 0.0921. The number of carbonyl (C=O) groups excluding carboxylic acids is 1. The highest BCUT2D eigenvalue weighted by Crippen LogP contribution is 2.28. The molecule has 4 rings (SSSR count). The molecular weight excluding hydrogens is 452 g/mol. The maximum Gasteiger partial charge on any atom is 0.330 e. The van der Waals surface area contributed by atoms with E-state index in [1.54, 1.807) is 13.3 Å². The molecule has 0 radical (unpaired) electrons. The van der Waals surface area contributed by atoms with Crippen molar-refractivity contribution in [3.05, 3.63) is 84.2 Å². The highest BCUT2D eigenvalue weighted by molar-refractivity contribution is 5.82. The van der Waals surface area contributed by atoms with Gasteiger partial charge in [0.25, 0.3) is 0 Å². The van der Waals surface area contributed by atoms with Crippen molar-refractivity contribution in [1.82, 2.24) is 10.3 Å². The second kappa shape index (κ2) is 11.2. The van der Waals surface area contributed by atoms with Gasteiger partial charge in [-0.1, -0.05) is 54.6 Å². The first-order valence-corrected chi connectivity index (χ1v) is 12.5. The van der Waals surface area contributed by atoms with Gasteiger partial charge < -0.3 is 14.2 Å². The van der Waals surface area contributed by atoms with Crippen molar-refractivity contribution in [2.75, 3.05) is 20.3 Å². The molecule has 1 aromatic heterocycles. The fourth-order valence-corrected chi connectivity index (χ4v) is 4.28. The summed E-state index contributed by atoms with van der Waals surface area (Å²) in [7, 11) is 1.77. The highest BCUT2D eigenvalue weighted by atomic mass is 16.6. The zero-order chi connectivity index (χ0) is 25.6. The fraction of sp³-hybridized carbons (Fsp3) is 0.400. The first kappa shape index (κ1) is 25.9. The summed E-state index contributed by atoms with van der Waals surface area (Å²) in [6.45, 7) is 6.57. The highest BCUT2D eigenvalue weighted by Gasteiger charge is 2.47. The molecule has 2 aromatic carbocycles. The summed E-state index contributed by atoms with van der Waals surface area (Å²) in [6.07, 6.45) is 5.95. The van der Waals surface area contributed by atoms with Crippen LogP contribution in [-0.2, 0) is 27.1 Å². The molecule has 1 N–H and O–H groups in total. The van der Waals surface area contributed by atoms with Gasteiger partial charge in [-0.2, -0.15) is 0 Å². The lowest BCUT2D eigenvalue weighted by Crippen LogP contribution is -2.66. The number of hydrogen-bond donors (Lipinski definition) is 1. The van der Waals surface area contributed by atoms with Gasteiger partial charge in [-0.25, -0.2) is 4.79 Å². The quantitative estimate of drug-likeness (QED) is 0.405. The summed E-state index contributed by atoms with van der Waals surface area (Å²) in [5, 5.41) is 3.21. The molecule has 190 valence electrons. The van der Waals surface area contributed by atoms with Gasteiger partial charge in [0.05, 0.1) is 12.3 Å². The van der Waals surface area contributed by atoms with Crippen LogP contribution in [0, 0.1) is 0 Å². The van der Waals surface area contributed by atoms with Crippen LogP contribution in [-0.4, -0.2) is 48.5 Å². The van der Waals surface area contributed by atoms with Crippen LogP contribution in [0.1, 0.15) is 38.3 Å². The lowest BCUT2D eigenvalue weighted by atomic mass is 9.88. The third-order valence-corrected chi connectivity index (χ3v) is 6.37. The molecule has 6 nitrogen and oxygen atoms in total. The van der Waals surface area contributed by atoms with Crippen molar-refractivity contribution in [3.8, 4) is 16.9 Å². The molecule has 0 unspecified atom stereocenters. The molecule has 36 heavy (non-hydrogen) atoms. The Hall–Kier alpha value is -3.22. The first-order chi connectivity index (χ1) is 17.3. The molecule has 3 aromatic rings. The van der Waals surface area contributed by atoms with E-state index in [9.17, 15) is 4.79 Å². The Balaban J connectivity index is 1.43. The minimum atomic E-state index is -0.808. The average Bonchev–Trinajstić information content (AvgIpc) is 2.83. The smallest absolute Gasteiger partial charge is 0.330 e. The van der Waals surface area contributed by atoms with Crippen molar-refractivity contribution in [1.29, 1.82) is 0 Å². The molecule has 1 fully saturated rings. The number of pyridine rings is 1. The summed E-state index contributed by atoms with van der Waals surface area (Å²) in [6, 6.07) is 20.8. The predicted molar refractivity (Wildman–Crippen MR) is 141 cm³/mol. The Morgan fingerprint density at radius 1 is 1.00 bits per heavy atom. The Labute approximate surface area is 214 Å². The van der Waals surface area contributed by atoms with E-state index in [2.05, 4.69) is 58.8 Å². The van der Waals surface area contributed by atoms with Crippen LogP contribution >= 0.6 is 0 Å². The van der Waals surface area contributed by atoms with Gasteiger partial charge in [-0.15, -0.1) is 0 Å². The number of ether oxygens (including phenoxy) is 3. The molecule has 1 saturated heterocycles. The van der Waals surface area contributed by atoms with E-state index in [0.717, 1.165) is 30.5 Å². The summed E-state index contributed by atoms with van der Waals surface area (Å²) in [5.41, 5.74) is 3.13. The monoisotopic (exact) mass is 488 g/mol. The van der Waals surface area contributed by atoms with E-state index in [1.807, 2.05) is 39.1 Å². The summed E-state index contributed by atoms with van der Waals surface area (Å²) in [4.78, 5) is 17.1. The largest absolute Gasteiger partial charge is 0.489 e. The van der Waals surface area contributed by atoms with E-state index >= 15 is 0 Å². The Bertz CT molecular complexity index is 1150. The van der Waals surface area contributed by atoms with Gasteiger partial charge in [-0.3, -0.25) is 10.3 Å². The number of hydrogen-bond acceptors (Lipinski definition) is 6. The lowest BCUT2D eigenvalue weighted by Gasteiger charge is -2.41. The topological polar surface area (TPSA) is 69.7 Å². The standard InChI is InChI=1S/C30H36N2O4/c1-29(2,3)36-28(33)30(13-14-32-30)21-35-27-18-25(19-31-20-27)24-12-8-11-23(15-24)17-26(34-4)16-22-9-6-5-7-10-22/h5-12,15,18-20,26,32H,13-14,16-17,21H2,1-4H3/t26-,30+/m0/s1. The number of nitrogens with one attached hydrogen (secondary N) is 1. The van der Waals surface area contributed by atoms with Gasteiger partial charge >= 0.3 is 5.97 Å². The predicted octanol–water partition coefficient (Wildman–Crippen LogP) is 5.00. The molecule has 0 bridgehead atoms. The second-order valence-electron chi connectivity index (χ2n) is 10.4.